The minimum atomic E-state index is -0.531. The molecule has 1 saturated heterocycles. The first-order valence-electron chi connectivity index (χ1n) is 6.86. The van der Waals surface area contributed by atoms with Gasteiger partial charge in [0.1, 0.15) is 12.1 Å². The summed E-state index contributed by atoms with van der Waals surface area (Å²) in [5, 5.41) is 15.1. The van der Waals surface area contributed by atoms with E-state index in [1.54, 1.807) is 0 Å². The highest BCUT2D eigenvalue weighted by Gasteiger charge is 2.23. The molecule has 1 aromatic rings. The molecule has 1 aromatic carbocycles. The van der Waals surface area contributed by atoms with E-state index in [0.717, 1.165) is 18.5 Å². The average Bonchev–Trinajstić information content (AvgIpc) is 2.76. The fourth-order valence-electron chi connectivity index (χ4n) is 2.13. The van der Waals surface area contributed by atoms with E-state index in [1.807, 2.05) is 30.3 Å². The van der Waals surface area contributed by atoms with Crippen LogP contribution in [0.2, 0.25) is 0 Å². The van der Waals surface area contributed by atoms with Gasteiger partial charge >= 0.3 is 0 Å². The van der Waals surface area contributed by atoms with Crippen LogP contribution in [0.4, 0.5) is 0 Å². The Labute approximate surface area is 118 Å². The van der Waals surface area contributed by atoms with Gasteiger partial charge in [0.2, 0.25) is 0 Å². The van der Waals surface area contributed by atoms with Crippen LogP contribution >= 0.6 is 0 Å². The van der Waals surface area contributed by atoms with Gasteiger partial charge in [-0.15, -0.1) is 0 Å². The molecule has 1 amide bonds. The van der Waals surface area contributed by atoms with Gasteiger partial charge < -0.3 is 15.4 Å². The lowest BCUT2D eigenvalue weighted by Gasteiger charge is -2.17. The summed E-state index contributed by atoms with van der Waals surface area (Å²) < 4.78 is 5.48. The second-order valence-electron chi connectivity index (χ2n) is 4.80. The van der Waals surface area contributed by atoms with Crippen LogP contribution in [0.15, 0.2) is 30.3 Å². The van der Waals surface area contributed by atoms with Crippen LogP contribution in [-0.4, -0.2) is 37.7 Å². The van der Waals surface area contributed by atoms with Gasteiger partial charge in [0.15, 0.2) is 0 Å². The summed E-state index contributed by atoms with van der Waals surface area (Å²) >= 11 is 0. The van der Waals surface area contributed by atoms with Crippen molar-refractivity contribution in [2.75, 3.05) is 19.7 Å². The van der Waals surface area contributed by atoms with Crippen LogP contribution in [0, 0.1) is 11.3 Å². The van der Waals surface area contributed by atoms with Crippen molar-refractivity contribution in [3.05, 3.63) is 35.9 Å². The summed E-state index contributed by atoms with van der Waals surface area (Å²) in [4.78, 5) is 12.1. The van der Waals surface area contributed by atoms with Gasteiger partial charge in [-0.05, 0) is 18.5 Å². The highest BCUT2D eigenvalue weighted by atomic mass is 16.5. The van der Waals surface area contributed by atoms with Gasteiger partial charge in [-0.1, -0.05) is 30.3 Å². The predicted molar refractivity (Wildman–Crippen MR) is 74.9 cm³/mol. The number of nitrogens with one attached hydrogen (secondary N) is 2. The number of amides is 1. The zero-order valence-corrected chi connectivity index (χ0v) is 11.3. The number of ether oxygens (including phenoxy) is 1. The molecule has 1 aliphatic rings. The number of hydrogen-bond acceptors (Lipinski definition) is 4. The number of rotatable bonds is 4. The second kappa shape index (κ2) is 7.63. The Morgan fingerprint density at radius 3 is 3.05 bits per heavy atom. The van der Waals surface area contributed by atoms with Crippen molar-refractivity contribution in [3.63, 3.8) is 0 Å². The molecule has 0 spiro atoms. The van der Waals surface area contributed by atoms with E-state index in [4.69, 9.17) is 10.00 Å². The van der Waals surface area contributed by atoms with Crippen molar-refractivity contribution >= 4 is 5.91 Å². The van der Waals surface area contributed by atoms with Crippen LogP contribution < -0.4 is 10.6 Å². The third kappa shape index (κ3) is 4.34. The third-order valence-corrected chi connectivity index (χ3v) is 3.19. The number of carbonyl (C=O) groups is 1. The number of carbonyl (C=O) groups excluding carboxylic acids is 1. The normalized spacial score (nSPS) is 20.4. The molecular weight excluding hydrogens is 254 g/mol. The molecule has 5 heteroatoms. The van der Waals surface area contributed by atoms with Crippen molar-refractivity contribution in [2.45, 2.75) is 25.0 Å². The van der Waals surface area contributed by atoms with Crippen molar-refractivity contribution in [3.8, 4) is 6.07 Å². The lowest BCUT2D eigenvalue weighted by molar-refractivity contribution is -0.132. The van der Waals surface area contributed by atoms with E-state index in [2.05, 4.69) is 16.7 Å². The molecule has 106 valence electrons. The van der Waals surface area contributed by atoms with E-state index in [-0.39, 0.29) is 5.91 Å². The Balaban J connectivity index is 1.89. The lowest BCUT2D eigenvalue weighted by atomic mass is 10.1. The molecule has 1 fully saturated rings. The summed E-state index contributed by atoms with van der Waals surface area (Å²) in [6.45, 7) is 1.92. The molecule has 1 heterocycles. The van der Waals surface area contributed by atoms with Crippen molar-refractivity contribution in [2.24, 2.45) is 0 Å². The van der Waals surface area contributed by atoms with E-state index in [1.165, 1.54) is 0 Å². The monoisotopic (exact) mass is 273 g/mol. The Bertz CT molecular complexity index is 462. The van der Waals surface area contributed by atoms with Crippen LogP contribution in [-0.2, 0) is 16.0 Å². The minimum Gasteiger partial charge on any atom is -0.367 e. The molecule has 2 atom stereocenters. The fraction of sp³-hybridized carbons (Fsp3) is 0.467. The average molecular weight is 273 g/mol. The summed E-state index contributed by atoms with van der Waals surface area (Å²) in [6, 6.07) is 11.3. The number of hydrogen-bond donors (Lipinski definition) is 2. The molecule has 1 aliphatic heterocycles. The van der Waals surface area contributed by atoms with Gasteiger partial charge in [-0.3, -0.25) is 4.79 Å². The predicted octanol–water partition coefficient (Wildman–Crippen LogP) is 0.616. The topological polar surface area (TPSA) is 74.2 Å². The Kier molecular flexibility index (Phi) is 5.54. The van der Waals surface area contributed by atoms with Crippen LogP contribution in [0.5, 0.6) is 0 Å². The highest BCUT2D eigenvalue weighted by Crippen LogP contribution is 2.04. The summed E-state index contributed by atoms with van der Waals surface area (Å²) in [5.74, 6) is -0.220. The van der Waals surface area contributed by atoms with Gasteiger partial charge in [-0.25, -0.2) is 0 Å². The Morgan fingerprint density at radius 2 is 2.30 bits per heavy atom. The van der Waals surface area contributed by atoms with E-state index < -0.39 is 12.1 Å². The molecule has 0 radical (unpaired) electrons. The van der Waals surface area contributed by atoms with Gasteiger partial charge in [-0.2, -0.15) is 5.26 Å². The maximum Gasteiger partial charge on any atom is 0.251 e. The largest absolute Gasteiger partial charge is 0.367 e. The van der Waals surface area contributed by atoms with Crippen molar-refractivity contribution in [1.82, 2.24) is 10.6 Å². The first kappa shape index (κ1) is 14.5. The molecule has 0 aliphatic carbocycles. The molecule has 0 bridgehead atoms. The Morgan fingerprint density at radius 1 is 1.50 bits per heavy atom. The molecule has 5 nitrogen and oxygen atoms in total. The third-order valence-electron chi connectivity index (χ3n) is 3.19. The minimum absolute atomic E-state index is 0.220. The molecule has 2 N–H and O–H groups in total. The highest BCUT2D eigenvalue weighted by molar-refractivity contribution is 5.81. The van der Waals surface area contributed by atoms with E-state index in [9.17, 15) is 4.79 Å². The summed E-state index contributed by atoms with van der Waals surface area (Å²) in [7, 11) is 0. The molecule has 0 aromatic heterocycles. The quantitative estimate of drug-likeness (QED) is 0.843. The van der Waals surface area contributed by atoms with Crippen LogP contribution in [0.1, 0.15) is 12.0 Å². The van der Waals surface area contributed by atoms with Crippen molar-refractivity contribution in [1.29, 1.82) is 5.26 Å². The van der Waals surface area contributed by atoms with E-state index >= 15 is 0 Å². The molecule has 0 saturated carbocycles. The Hall–Kier alpha value is -1.90. The maximum absolute atomic E-state index is 12.1. The lowest BCUT2D eigenvalue weighted by Crippen LogP contribution is -2.46. The maximum atomic E-state index is 12.1. The fourth-order valence-corrected chi connectivity index (χ4v) is 2.13. The van der Waals surface area contributed by atoms with Crippen LogP contribution in [0.25, 0.3) is 0 Å². The number of nitrogens with zero attached hydrogens (tertiary/aromatic N) is 1. The summed E-state index contributed by atoms with van der Waals surface area (Å²) in [5.41, 5.74) is 1.03. The van der Waals surface area contributed by atoms with Gasteiger partial charge in [0.05, 0.1) is 6.07 Å². The number of nitriles is 1. The van der Waals surface area contributed by atoms with Gasteiger partial charge in [0.25, 0.3) is 5.91 Å². The smallest absolute Gasteiger partial charge is 0.251 e. The standard InChI is InChI=1S/C15H19N3O2/c16-10-13(9-12-5-2-1-3-6-12)18-15(19)14-11-17-7-4-8-20-14/h1-3,5-6,13-14,17H,4,7-9,11H2,(H,18,19)/t13-,14?/m0/s1. The zero-order valence-electron chi connectivity index (χ0n) is 11.3. The zero-order chi connectivity index (χ0) is 14.2. The van der Waals surface area contributed by atoms with E-state index in [0.29, 0.717) is 19.6 Å². The molecule has 20 heavy (non-hydrogen) atoms. The molecule has 1 unspecified atom stereocenters. The molecular formula is C15H19N3O2. The SMILES string of the molecule is N#C[C@H](Cc1ccccc1)NC(=O)C1CNCCCO1. The first-order chi connectivity index (χ1) is 9.79. The van der Waals surface area contributed by atoms with Crippen molar-refractivity contribution < 1.29 is 9.53 Å². The first-order valence-corrected chi connectivity index (χ1v) is 6.86. The number of benzene rings is 1. The van der Waals surface area contributed by atoms with Gasteiger partial charge in [0, 0.05) is 19.6 Å². The molecule has 2 rings (SSSR count). The summed E-state index contributed by atoms with van der Waals surface area (Å²) in [6.07, 6.45) is 0.891. The van der Waals surface area contributed by atoms with Crippen LogP contribution in [0.3, 0.4) is 0 Å². The second-order valence-corrected chi connectivity index (χ2v) is 4.80.